The fourth-order valence-corrected chi connectivity index (χ4v) is 1.72. The van der Waals surface area contributed by atoms with Crippen LogP contribution in [0.4, 0.5) is 5.69 Å². The van der Waals surface area contributed by atoms with Crippen molar-refractivity contribution in [2.45, 2.75) is 6.92 Å². The van der Waals surface area contributed by atoms with Crippen molar-refractivity contribution in [2.24, 2.45) is 5.84 Å². The number of hydrazine groups is 1. The quantitative estimate of drug-likeness (QED) is 0.675. The molecule has 0 bridgehead atoms. The van der Waals surface area contributed by atoms with E-state index in [4.69, 9.17) is 10.6 Å². The zero-order valence-corrected chi connectivity index (χ0v) is 10.5. The molecule has 0 saturated heterocycles. The Morgan fingerprint density at radius 2 is 2.27 bits per heavy atom. The molecule has 0 aromatic heterocycles. The van der Waals surface area contributed by atoms with Gasteiger partial charge in [0.05, 0.1) is 12.3 Å². The topological polar surface area (TPSA) is 38.5 Å². The van der Waals surface area contributed by atoms with Gasteiger partial charge in [-0.2, -0.15) is 0 Å². The van der Waals surface area contributed by atoms with Crippen LogP contribution in [0.3, 0.4) is 0 Å². The zero-order valence-electron chi connectivity index (χ0n) is 8.90. The largest absolute Gasteiger partial charge is 0.381 e. The highest BCUT2D eigenvalue weighted by molar-refractivity contribution is 9.10. The van der Waals surface area contributed by atoms with Crippen molar-refractivity contribution in [1.29, 1.82) is 0 Å². The molecule has 0 aliphatic heterocycles. The number of aryl methyl sites for hydroxylation is 1. The first-order valence-corrected chi connectivity index (χ1v) is 5.40. The fourth-order valence-electron chi connectivity index (χ4n) is 1.24. The van der Waals surface area contributed by atoms with Crippen LogP contribution in [0, 0.1) is 6.92 Å². The summed E-state index contributed by atoms with van der Waals surface area (Å²) in [7, 11) is 1.65. The molecule has 1 rings (SSSR count). The minimum atomic E-state index is 0.559. The monoisotopic (exact) mass is 270 g/mol. The molecule has 0 spiro atoms. The number of rotatable bonds is 4. The third kappa shape index (κ3) is 3.66. The highest BCUT2D eigenvalue weighted by Gasteiger charge is 2.01. The highest BCUT2D eigenvalue weighted by Crippen LogP contribution is 2.22. The average molecular weight is 271 g/mol. The van der Waals surface area contributed by atoms with Crippen LogP contribution in [-0.2, 0) is 4.74 Å². The summed E-state index contributed by atoms with van der Waals surface area (Å²) < 4.78 is 5.95. The first kappa shape index (κ1) is 12.2. The van der Waals surface area contributed by atoms with Gasteiger partial charge in [-0.05, 0) is 36.8 Å². The lowest BCUT2D eigenvalue weighted by molar-refractivity contribution is 0.233. The molecule has 0 amide bonds. The Morgan fingerprint density at radius 1 is 1.53 bits per heavy atom. The maximum Gasteiger partial charge on any atom is 0.0661 e. The second-order valence-corrected chi connectivity index (χ2v) is 4.09. The fraction of sp³-hybridized carbons (Fsp3) is 0.273. The van der Waals surface area contributed by atoms with E-state index in [1.165, 1.54) is 0 Å². The van der Waals surface area contributed by atoms with Gasteiger partial charge >= 0.3 is 0 Å². The second-order valence-electron chi connectivity index (χ2n) is 3.18. The van der Waals surface area contributed by atoms with E-state index in [1.54, 1.807) is 18.3 Å². The molecule has 1 aromatic carbocycles. The summed E-state index contributed by atoms with van der Waals surface area (Å²) in [6.45, 7) is 2.58. The molecule has 3 nitrogen and oxygen atoms in total. The van der Waals surface area contributed by atoms with Crippen LogP contribution in [0.2, 0.25) is 0 Å². The average Bonchev–Trinajstić information content (AvgIpc) is 2.17. The summed E-state index contributed by atoms with van der Waals surface area (Å²) in [6, 6.07) is 5.96. The predicted molar refractivity (Wildman–Crippen MR) is 66.6 cm³/mol. The van der Waals surface area contributed by atoms with Gasteiger partial charge < -0.3 is 4.74 Å². The molecule has 0 aliphatic carbocycles. The molecule has 82 valence electrons. The first-order chi connectivity index (χ1) is 7.15. The number of nitrogens with two attached hydrogens (primary N) is 1. The summed E-state index contributed by atoms with van der Waals surface area (Å²) in [4.78, 5) is 0. The van der Waals surface area contributed by atoms with Crippen molar-refractivity contribution in [2.75, 3.05) is 18.7 Å². The summed E-state index contributed by atoms with van der Waals surface area (Å²) >= 11 is 3.41. The molecule has 2 N–H and O–H groups in total. The number of halogens is 1. The molecule has 0 aliphatic rings. The van der Waals surface area contributed by atoms with E-state index >= 15 is 0 Å². The van der Waals surface area contributed by atoms with Gasteiger partial charge in [-0.3, -0.25) is 5.01 Å². The number of ether oxygens (including phenoxy) is 1. The second kappa shape index (κ2) is 5.90. The molecular formula is C11H15BrN2O. The third-order valence-corrected chi connectivity index (χ3v) is 2.46. The van der Waals surface area contributed by atoms with Gasteiger partial charge in [0.15, 0.2) is 0 Å². The van der Waals surface area contributed by atoms with Crippen molar-refractivity contribution >= 4 is 21.6 Å². The van der Waals surface area contributed by atoms with E-state index in [0.717, 1.165) is 15.7 Å². The molecule has 0 atom stereocenters. The third-order valence-electron chi connectivity index (χ3n) is 1.97. The minimum absolute atomic E-state index is 0.559. The van der Waals surface area contributed by atoms with E-state index in [2.05, 4.69) is 15.9 Å². The zero-order chi connectivity index (χ0) is 11.3. The van der Waals surface area contributed by atoms with Crippen LogP contribution in [0.5, 0.6) is 0 Å². The van der Waals surface area contributed by atoms with Gasteiger partial charge in [0.1, 0.15) is 0 Å². The molecule has 0 fully saturated rings. The maximum atomic E-state index is 5.86. The van der Waals surface area contributed by atoms with E-state index in [0.29, 0.717) is 6.61 Å². The van der Waals surface area contributed by atoms with Crippen molar-refractivity contribution in [3.63, 3.8) is 0 Å². The summed E-state index contributed by atoms with van der Waals surface area (Å²) in [5.41, 5.74) is 2.10. The molecule has 0 heterocycles. The van der Waals surface area contributed by atoms with E-state index in [-0.39, 0.29) is 0 Å². The molecule has 0 unspecified atom stereocenters. The smallest absolute Gasteiger partial charge is 0.0661 e. The standard InChI is InChI=1S/C11H15BrN2O/c1-9-8-10(12)4-5-11(9)14(13)6-3-7-15-2/h3-6,8H,7,13H2,1-2H3/b6-3-. The summed E-state index contributed by atoms with van der Waals surface area (Å²) in [6.07, 6.45) is 3.65. The van der Waals surface area contributed by atoms with Crippen molar-refractivity contribution in [3.8, 4) is 0 Å². The van der Waals surface area contributed by atoms with Crippen LogP contribution in [0.25, 0.3) is 0 Å². The number of hydrogen-bond donors (Lipinski definition) is 1. The SMILES string of the molecule is COC/C=C\N(N)c1ccc(Br)cc1C. The van der Waals surface area contributed by atoms with Gasteiger partial charge in [-0.1, -0.05) is 15.9 Å². The Kier molecular flexibility index (Phi) is 4.81. The molecule has 15 heavy (non-hydrogen) atoms. The lowest BCUT2D eigenvalue weighted by Crippen LogP contribution is -2.24. The summed E-state index contributed by atoms with van der Waals surface area (Å²) in [5, 5.41) is 1.58. The van der Waals surface area contributed by atoms with Crippen LogP contribution in [0.1, 0.15) is 5.56 Å². The molecule has 0 saturated carbocycles. The molecular weight excluding hydrogens is 256 g/mol. The van der Waals surface area contributed by atoms with E-state index < -0.39 is 0 Å². The molecule has 4 heteroatoms. The minimum Gasteiger partial charge on any atom is -0.381 e. The van der Waals surface area contributed by atoms with Gasteiger partial charge in [-0.25, -0.2) is 5.84 Å². The normalized spacial score (nSPS) is 10.9. The van der Waals surface area contributed by atoms with Gasteiger partial charge in [0.2, 0.25) is 0 Å². The maximum absolute atomic E-state index is 5.86. The van der Waals surface area contributed by atoms with Crippen molar-refractivity contribution in [1.82, 2.24) is 0 Å². The molecule has 0 radical (unpaired) electrons. The molecule has 1 aromatic rings. The number of benzene rings is 1. The Balaban J connectivity index is 2.77. The van der Waals surface area contributed by atoms with E-state index in [1.807, 2.05) is 31.2 Å². The van der Waals surface area contributed by atoms with Crippen LogP contribution < -0.4 is 10.9 Å². The Hall–Kier alpha value is -0.840. The summed E-state index contributed by atoms with van der Waals surface area (Å²) in [5.74, 6) is 5.86. The number of anilines is 1. The Bertz CT molecular complexity index is 352. The van der Waals surface area contributed by atoms with E-state index in [9.17, 15) is 0 Å². The number of hydrogen-bond acceptors (Lipinski definition) is 3. The lowest BCUT2D eigenvalue weighted by atomic mass is 10.2. The Labute approximate surface area is 98.6 Å². The number of nitrogens with zero attached hydrogens (tertiary/aromatic N) is 1. The van der Waals surface area contributed by atoms with Crippen molar-refractivity contribution < 1.29 is 4.74 Å². The van der Waals surface area contributed by atoms with Crippen LogP contribution >= 0.6 is 15.9 Å². The first-order valence-electron chi connectivity index (χ1n) is 4.61. The number of methoxy groups -OCH3 is 1. The van der Waals surface area contributed by atoms with Crippen LogP contribution in [0.15, 0.2) is 34.9 Å². The van der Waals surface area contributed by atoms with Gasteiger partial charge in [0.25, 0.3) is 0 Å². The van der Waals surface area contributed by atoms with Crippen LogP contribution in [-0.4, -0.2) is 13.7 Å². The highest BCUT2D eigenvalue weighted by atomic mass is 79.9. The van der Waals surface area contributed by atoms with Crippen molar-refractivity contribution in [3.05, 3.63) is 40.5 Å². The lowest BCUT2D eigenvalue weighted by Gasteiger charge is -2.16. The Morgan fingerprint density at radius 3 is 2.87 bits per heavy atom. The van der Waals surface area contributed by atoms with Gasteiger partial charge in [-0.15, -0.1) is 0 Å². The van der Waals surface area contributed by atoms with Gasteiger partial charge in [0, 0.05) is 17.8 Å². The predicted octanol–water partition coefficient (Wildman–Crippen LogP) is 2.60.